The molecule has 1 saturated carbocycles. The molecule has 8 heteroatoms. The molecule has 2 aliphatic rings. The van der Waals surface area contributed by atoms with Gasteiger partial charge in [-0.2, -0.15) is 0 Å². The highest BCUT2D eigenvalue weighted by Crippen LogP contribution is 2.42. The number of carbonyl (C=O) groups is 1. The molecule has 0 spiro atoms. The van der Waals surface area contributed by atoms with Gasteiger partial charge in [-0.1, -0.05) is 0 Å². The predicted molar refractivity (Wildman–Crippen MR) is 85.8 cm³/mol. The lowest BCUT2D eigenvalue weighted by molar-refractivity contribution is -0.116. The van der Waals surface area contributed by atoms with Crippen LogP contribution in [0.2, 0.25) is 0 Å². The average molecular weight is 363 g/mol. The Kier molecular flexibility index (Phi) is 4.14. The van der Waals surface area contributed by atoms with E-state index in [0.29, 0.717) is 37.8 Å². The number of anilines is 1. The van der Waals surface area contributed by atoms with Gasteiger partial charge < -0.3 is 5.32 Å². The molecular weight excluding hydrogens is 347 g/mol. The number of sulfonamides is 1. The van der Waals surface area contributed by atoms with Crippen LogP contribution in [-0.4, -0.2) is 24.7 Å². The molecule has 2 N–H and O–H groups in total. The number of hydrogen-bond acceptors (Lipinski definition) is 3. The molecule has 0 saturated heterocycles. The Morgan fingerprint density at radius 3 is 2.64 bits per heavy atom. The van der Waals surface area contributed by atoms with E-state index in [-0.39, 0.29) is 16.8 Å². The maximum atomic E-state index is 12.4. The van der Waals surface area contributed by atoms with E-state index in [1.165, 1.54) is 6.07 Å². The normalized spacial score (nSPS) is 21.5. The number of fused-ring (bicyclic) bond motifs is 1. The summed E-state index contributed by atoms with van der Waals surface area (Å²) in [6.45, 7) is 0. The number of carbonyl (C=O) groups excluding carboxylic acids is 1. The second-order valence-corrected chi connectivity index (χ2v) is 9.16. The number of aryl methyl sites for hydroxylation is 1. The zero-order valence-corrected chi connectivity index (χ0v) is 14.1. The van der Waals surface area contributed by atoms with Gasteiger partial charge in [0.1, 0.15) is 4.33 Å². The van der Waals surface area contributed by atoms with Crippen LogP contribution < -0.4 is 10.0 Å². The maximum absolute atomic E-state index is 12.4. The van der Waals surface area contributed by atoms with Crippen LogP contribution >= 0.6 is 23.2 Å². The van der Waals surface area contributed by atoms with Crippen molar-refractivity contribution in [1.29, 1.82) is 0 Å². The van der Waals surface area contributed by atoms with E-state index >= 15 is 0 Å². The molecule has 0 atom stereocenters. The van der Waals surface area contributed by atoms with Crippen molar-refractivity contribution < 1.29 is 13.2 Å². The number of alkyl halides is 2. The van der Waals surface area contributed by atoms with Crippen LogP contribution in [0, 0.1) is 0 Å². The van der Waals surface area contributed by atoms with Gasteiger partial charge >= 0.3 is 0 Å². The Morgan fingerprint density at radius 2 is 1.95 bits per heavy atom. The second kappa shape index (κ2) is 5.67. The van der Waals surface area contributed by atoms with E-state index < -0.39 is 14.4 Å². The van der Waals surface area contributed by atoms with Crippen LogP contribution in [-0.2, 0) is 21.2 Å². The first-order valence-corrected chi connectivity index (χ1v) is 9.32. The fourth-order valence-electron chi connectivity index (χ4n) is 2.75. The Hall–Kier alpha value is -0.820. The minimum atomic E-state index is -3.61. The maximum Gasteiger partial charge on any atom is 0.240 e. The molecule has 1 fully saturated rings. The van der Waals surface area contributed by atoms with E-state index in [4.69, 9.17) is 23.2 Å². The highest BCUT2D eigenvalue weighted by atomic mass is 35.5. The van der Waals surface area contributed by atoms with E-state index in [1.807, 2.05) is 0 Å². The quantitative estimate of drug-likeness (QED) is 0.811. The number of rotatable bonds is 3. The Morgan fingerprint density at radius 1 is 1.23 bits per heavy atom. The summed E-state index contributed by atoms with van der Waals surface area (Å²) < 4.78 is 26.6. The van der Waals surface area contributed by atoms with Crippen LogP contribution in [0.5, 0.6) is 0 Å². The molecule has 1 aliphatic carbocycles. The monoisotopic (exact) mass is 362 g/mol. The van der Waals surface area contributed by atoms with Crippen molar-refractivity contribution in [1.82, 2.24) is 4.72 Å². The Bertz CT molecular complexity index is 711. The number of hydrogen-bond donors (Lipinski definition) is 2. The van der Waals surface area contributed by atoms with Gasteiger partial charge in [0.15, 0.2) is 0 Å². The number of nitrogens with one attached hydrogen (secondary N) is 2. The summed E-state index contributed by atoms with van der Waals surface area (Å²) in [6, 6.07) is 4.52. The van der Waals surface area contributed by atoms with Crippen molar-refractivity contribution in [2.45, 2.75) is 47.4 Å². The highest BCUT2D eigenvalue weighted by molar-refractivity contribution is 7.89. The molecule has 0 unspecified atom stereocenters. The second-order valence-electron chi connectivity index (χ2n) is 5.80. The van der Waals surface area contributed by atoms with Crippen LogP contribution in [0.1, 0.15) is 31.2 Å². The SMILES string of the molecule is O=C1CCCc2cc(S(=O)(=O)NC3CC(Cl)(Cl)C3)ccc2N1. The first kappa shape index (κ1) is 16.1. The lowest BCUT2D eigenvalue weighted by atomic mass is 9.93. The molecule has 0 aromatic heterocycles. The van der Waals surface area contributed by atoms with Gasteiger partial charge in [-0.25, -0.2) is 13.1 Å². The Balaban J connectivity index is 1.80. The van der Waals surface area contributed by atoms with Crippen molar-refractivity contribution in [3.05, 3.63) is 23.8 Å². The number of amides is 1. The first-order valence-electron chi connectivity index (χ1n) is 7.08. The molecule has 1 amide bonds. The summed E-state index contributed by atoms with van der Waals surface area (Å²) >= 11 is 11.8. The van der Waals surface area contributed by atoms with Gasteiger partial charge in [0, 0.05) is 18.2 Å². The predicted octanol–water partition coefficient (Wildman–Crippen LogP) is 2.58. The van der Waals surface area contributed by atoms with Gasteiger partial charge in [-0.05, 0) is 49.4 Å². The third kappa shape index (κ3) is 3.40. The van der Waals surface area contributed by atoms with E-state index in [9.17, 15) is 13.2 Å². The third-order valence-corrected chi connectivity index (χ3v) is 6.06. The van der Waals surface area contributed by atoms with Crippen molar-refractivity contribution >= 4 is 44.8 Å². The molecule has 1 aromatic rings. The smallest absolute Gasteiger partial charge is 0.240 e. The molecule has 120 valence electrons. The minimum absolute atomic E-state index is 0.0393. The molecule has 0 radical (unpaired) electrons. The summed E-state index contributed by atoms with van der Waals surface area (Å²) in [4.78, 5) is 11.7. The zero-order valence-electron chi connectivity index (χ0n) is 11.7. The fourth-order valence-corrected chi connectivity index (χ4v) is 4.78. The zero-order chi connectivity index (χ0) is 16.0. The van der Waals surface area contributed by atoms with Crippen molar-refractivity contribution in [3.8, 4) is 0 Å². The summed E-state index contributed by atoms with van der Waals surface area (Å²) in [6.07, 6.45) is 2.63. The molecule has 22 heavy (non-hydrogen) atoms. The molecule has 1 aromatic carbocycles. The fraction of sp³-hybridized carbons (Fsp3) is 0.500. The van der Waals surface area contributed by atoms with Crippen LogP contribution in [0.4, 0.5) is 5.69 Å². The standard InChI is InChI=1S/C14H16Cl2N2O3S/c15-14(16)7-10(8-14)18-22(20,21)11-4-5-12-9(6-11)2-1-3-13(19)17-12/h4-6,10,18H,1-3,7-8H2,(H,17,19). The summed E-state index contributed by atoms with van der Waals surface area (Å²) in [7, 11) is -3.61. The van der Waals surface area contributed by atoms with Gasteiger partial charge in [0.25, 0.3) is 0 Å². The van der Waals surface area contributed by atoms with Gasteiger partial charge in [-0.3, -0.25) is 4.79 Å². The molecule has 1 aliphatic heterocycles. The molecule has 0 bridgehead atoms. The Labute approximate surface area is 139 Å². The number of benzene rings is 1. The van der Waals surface area contributed by atoms with Crippen LogP contribution in [0.15, 0.2) is 23.1 Å². The van der Waals surface area contributed by atoms with Gasteiger partial charge in [0.05, 0.1) is 4.90 Å². The molecule has 1 heterocycles. The van der Waals surface area contributed by atoms with E-state index in [1.54, 1.807) is 12.1 Å². The first-order chi connectivity index (χ1) is 10.3. The molecule has 5 nitrogen and oxygen atoms in total. The van der Waals surface area contributed by atoms with Crippen LogP contribution in [0.3, 0.4) is 0 Å². The van der Waals surface area contributed by atoms with Crippen molar-refractivity contribution in [3.63, 3.8) is 0 Å². The average Bonchev–Trinajstić information content (AvgIpc) is 2.55. The summed E-state index contributed by atoms with van der Waals surface area (Å²) in [5, 5.41) is 2.79. The third-order valence-electron chi connectivity index (χ3n) is 3.92. The summed E-state index contributed by atoms with van der Waals surface area (Å²) in [5.74, 6) is -0.0393. The van der Waals surface area contributed by atoms with Gasteiger partial charge in [-0.15, -0.1) is 23.2 Å². The summed E-state index contributed by atoms with van der Waals surface area (Å²) in [5.41, 5.74) is 1.52. The largest absolute Gasteiger partial charge is 0.326 e. The number of halogens is 2. The van der Waals surface area contributed by atoms with Crippen LogP contribution in [0.25, 0.3) is 0 Å². The lowest BCUT2D eigenvalue weighted by Gasteiger charge is -2.38. The van der Waals surface area contributed by atoms with E-state index in [2.05, 4.69) is 10.0 Å². The molecular formula is C14H16Cl2N2O3S. The topological polar surface area (TPSA) is 75.3 Å². The molecule has 3 rings (SSSR count). The van der Waals surface area contributed by atoms with E-state index in [0.717, 1.165) is 5.56 Å². The van der Waals surface area contributed by atoms with Crippen molar-refractivity contribution in [2.24, 2.45) is 0 Å². The van der Waals surface area contributed by atoms with Crippen molar-refractivity contribution in [2.75, 3.05) is 5.32 Å². The lowest BCUT2D eigenvalue weighted by Crippen LogP contribution is -2.49. The highest BCUT2D eigenvalue weighted by Gasteiger charge is 2.42. The van der Waals surface area contributed by atoms with Gasteiger partial charge in [0.2, 0.25) is 15.9 Å². The minimum Gasteiger partial charge on any atom is -0.326 e.